The number of unbranched alkanes of at least 4 members (excludes halogenated alkanes) is 1. The van der Waals surface area contributed by atoms with Crippen molar-refractivity contribution in [3.63, 3.8) is 0 Å². The number of sulfonamides is 1. The molecular formula is C22H26N2O2S. The van der Waals surface area contributed by atoms with Crippen LogP contribution < -0.4 is 9.62 Å². The molecule has 0 spiro atoms. The molecule has 142 valence electrons. The molecule has 0 bridgehead atoms. The number of nitrogens with one attached hydrogen (secondary N) is 1. The highest BCUT2D eigenvalue weighted by Crippen LogP contribution is 2.30. The Morgan fingerprint density at radius 3 is 2.26 bits per heavy atom. The van der Waals surface area contributed by atoms with Crippen molar-refractivity contribution in [3.8, 4) is 0 Å². The Labute approximate surface area is 161 Å². The van der Waals surface area contributed by atoms with Gasteiger partial charge < -0.3 is 4.90 Å². The zero-order valence-corrected chi connectivity index (χ0v) is 16.7. The number of benzene rings is 3. The van der Waals surface area contributed by atoms with Gasteiger partial charge in [-0.15, -0.1) is 0 Å². The summed E-state index contributed by atoms with van der Waals surface area (Å²) in [7, 11) is 0.376. The van der Waals surface area contributed by atoms with Gasteiger partial charge in [0.25, 0.3) is 0 Å². The van der Waals surface area contributed by atoms with Crippen LogP contribution in [0.3, 0.4) is 0 Å². The Bertz CT molecular complexity index is 999. The molecule has 0 heterocycles. The van der Waals surface area contributed by atoms with E-state index in [1.807, 2.05) is 61.5 Å². The summed E-state index contributed by atoms with van der Waals surface area (Å²) in [5.74, 6) is 0. The van der Waals surface area contributed by atoms with Crippen molar-refractivity contribution >= 4 is 26.5 Å². The molecule has 0 aromatic heterocycles. The molecule has 0 fully saturated rings. The maximum Gasteiger partial charge on any atom is 0.241 e. The van der Waals surface area contributed by atoms with E-state index in [0.717, 1.165) is 35.7 Å². The van der Waals surface area contributed by atoms with E-state index < -0.39 is 10.0 Å². The highest BCUT2D eigenvalue weighted by Gasteiger charge is 2.17. The zero-order valence-electron chi connectivity index (χ0n) is 15.9. The molecule has 3 rings (SSSR count). The molecule has 0 saturated carbocycles. The van der Waals surface area contributed by atoms with Crippen LogP contribution in [-0.2, 0) is 16.4 Å². The molecule has 0 amide bonds. The first-order valence-corrected chi connectivity index (χ1v) is 10.7. The molecule has 0 aliphatic rings. The van der Waals surface area contributed by atoms with Crippen molar-refractivity contribution in [1.82, 2.24) is 4.72 Å². The minimum Gasteiger partial charge on any atom is -0.377 e. The minimum atomic E-state index is -3.54. The molecule has 0 radical (unpaired) electrons. The van der Waals surface area contributed by atoms with Crippen LogP contribution in [0.4, 0.5) is 5.69 Å². The van der Waals surface area contributed by atoms with Gasteiger partial charge >= 0.3 is 0 Å². The third-order valence-electron chi connectivity index (χ3n) is 4.66. The Morgan fingerprint density at radius 2 is 1.52 bits per heavy atom. The molecule has 0 saturated heterocycles. The molecule has 0 aliphatic carbocycles. The topological polar surface area (TPSA) is 49.4 Å². The van der Waals surface area contributed by atoms with Crippen LogP contribution in [0.1, 0.15) is 18.4 Å². The van der Waals surface area contributed by atoms with Crippen molar-refractivity contribution in [3.05, 3.63) is 72.3 Å². The summed E-state index contributed by atoms with van der Waals surface area (Å²) in [5.41, 5.74) is 2.29. The van der Waals surface area contributed by atoms with E-state index in [1.54, 1.807) is 12.1 Å². The summed E-state index contributed by atoms with van der Waals surface area (Å²) < 4.78 is 28.4. The second-order valence-corrected chi connectivity index (χ2v) is 8.60. The smallest absolute Gasteiger partial charge is 0.241 e. The lowest BCUT2D eigenvalue weighted by Crippen LogP contribution is -2.25. The summed E-state index contributed by atoms with van der Waals surface area (Å²) in [6.45, 7) is 0.443. The number of fused-ring (bicyclic) bond motifs is 1. The molecule has 27 heavy (non-hydrogen) atoms. The van der Waals surface area contributed by atoms with Crippen molar-refractivity contribution in [2.45, 2.75) is 24.2 Å². The van der Waals surface area contributed by atoms with Gasteiger partial charge in [-0.25, -0.2) is 13.1 Å². The highest BCUT2D eigenvalue weighted by molar-refractivity contribution is 7.89. The van der Waals surface area contributed by atoms with Crippen molar-refractivity contribution in [2.24, 2.45) is 0 Å². The molecule has 3 aromatic carbocycles. The zero-order chi connectivity index (χ0) is 19.3. The summed E-state index contributed by atoms with van der Waals surface area (Å²) in [6, 6.07) is 21.5. The molecule has 4 nitrogen and oxygen atoms in total. The van der Waals surface area contributed by atoms with Crippen LogP contribution in [0, 0.1) is 0 Å². The van der Waals surface area contributed by atoms with Gasteiger partial charge in [-0.1, -0.05) is 54.6 Å². The second kappa shape index (κ2) is 8.55. The first-order chi connectivity index (χ1) is 13.0. The normalized spacial score (nSPS) is 11.6. The summed E-state index contributed by atoms with van der Waals surface area (Å²) in [6.07, 6.45) is 2.72. The minimum absolute atomic E-state index is 0.340. The number of hydrogen-bond donors (Lipinski definition) is 1. The fourth-order valence-electron chi connectivity index (χ4n) is 3.27. The predicted molar refractivity (Wildman–Crippen MR) is 113 cm³/mol. The molecule has 0 unspecified atom stereocenters. The van der Waals surface area contributed by atoms with Gasteiger partial charge in [0.15, 0.2) is 0 Å². The predicted octanol–water partition coefficient (Wildman–Crippen LogP) is 4.21. The lowest BCUT2D eigenvalue weighted by Gasteiger charge is -2.17. The summed E-state index contributed by atoms with van der Waals surface area (Å²) >= 11 is 0. The van der Waals surface area contributed by atoms with E-state index in [1.165, 1.54) is 5.56 Å². The van der Waals surface area contributed by atoms with Gasteiger partial charge in [-0.05, 0) is 37.0 Å². The van der Waals surface area contributed by atoms with Crippen molar-refractivity contribution in [2.75, 3.05) is 25.5 Å². The van der Waals surface area contributed by atoms with E-state index in [0.29, 0.717) is 11.4 Å². The monoisotopic (exact) mass is 382 g/mol. The SMILES string of the molecule is CN(C)c1cccc2c(S(=O)(=O)NCCCCc3ccccc3)cccc12. The lowest BCUT2D eigenvalue weighted by atomic mass is 10.1. The summed E-state index contributed by atoms with van der Waals surface area (Å²) in [4.78, 5) is 2.34. The summed E-state index contributed by atoms with van der Waals surface area (Å²) in [5, 5.41) is 1.69. The molecule has 0 atom stereocenters. The van der Waals surface area contributed by atoms with E-state index >= 15 is 0 Å². The van der Waals surface area contributed by atoms with Crippen LogP contribution >= 0.6 is 0 Å². The number of anilines is 1. The molecule has 5 heteroatoms. The van der Waals surface area contributed by atoms with Gasteiger partial charge in [-0.2, -0.15) is 0 Å². The second-order valence-electron chi connectivity index (χ2n) is 6.86. The number of hydrogen-bond acceptors (Lipinski definition) is 3. The average Bonchev–Trinajstić information content (AvgIpc) is 2.67. The van der Waals surface area contributed by atoms with Crippen molar-refractivity contribution in [1.29, 1.82) is 0 Å². The molecule has 0 aliphatic heterocycles. The maximum absolute atomic E-state index is 12.8. The number of rotatable bonds is 8. The van der Waals surface area contributed by atoms with Gasteiger partial charge in [0, 0.05) is 37.1 Å². The standard InChI is InChI=1S/C22H26N2O2S/c1-24(2)21-15-8-14-20-19(21)13-9-16-22(20)27(25,26)23-17-7-6-12-18-10-4-3-5-11-18/h3-5,8-11,13-16,23H,6-7,12,17H2,1-2H3. The van der Waals surface area contributed by atoms with Crippen LogP contribution in [-0.4, -0.2) is 29.1 Å². The molecular weight excluding hydrogens is 356 g/mol. The van der Waals surface area contributed by atoms with E-state index in [9.17, 15) is 8.42 Å². The quantitative estimate of drug-likeness (QED) is 0.594. The van der Waals surface area contributed by atoms with Crippen LogP contribution in [0.25, 0.3) is 10.8 Å². The first kappa shape index (κ1) is 19.4. The third-order valence-corrected chi connectivity index (χ3v) is 6.18. The van der Waals surface area contributed by atoms with Gasteiger partial charge in [0.05, 0.1) is 4.90 Å². The largest absolute Gasteiger partial charge is 0.377 e. The van der Waals surface area contributed by atoms with Crippen LogP contribution in [0.5, 0.6) is 0 Å². The third kappa shape index (κ3) is 4.67. The Morgan fingerprint density at radius 1 is 0.815 bits per heavy atom. The fraction of sp³-hybridized carbons (Fsp3) is 0.273. The lowest BCUT2D eigenvalue weighted by molar-refractivity contribution is 0.577. The van der Waals surface area contributed by atoms with E-state index in [2.05, 4.69) is 16.9 Å². The van der Waals surface area contributed by atoms with E-state index in [4.69, 9.17) is 0 Å². The molecule has 1 N–H and O–H groups in total. The number of nitrogens with zero attached hydrogens (tertiary/aromatic N) is 1. The van der Waals surface area contributed by atoms with Crippen molar-refractivity contribution < 1.29 is 8.42 Å². The first-order valence-electron chi connectivity index (χ1n) is 9.22. The fourth-order valence-corrected chi connectivity index (χ4v) is 4.57. The van der Waals surface area contributed by atoms with Crippen LogP contribution in [0.15, 0.2) is 71.6 Å². The van der Waals surface area contributed by atoms with Gasteiger partial charge in [0.1, 0.15) is 0 Å². The Hall–Kier alpha value is -2.37. The highest BCUT2D eigenvalue weighted by atomic mass is 32.2. The Balaban J connectivity index is 1.69. The van der Waals surface area contributed by atoms with Crippen LogP contribution in [0.2, 0.25) is 0 Å². The molecule has 3 aromatic rings. The maximum atomic E-state index is 12.8. The average molecular weight is 383 g/mol. The van der Waals surface area contributed by atoms with E-state index in [-0.39, 0.29) is 0 Å². The van der Waals surface area contributed by atoms with Gasteiger partial charge in [-0.3, -0.25) is 0 Å². The number of aryl methyl sites for hydroxylation is 1. The van der Waals surface area contributed by atoms with Gasteiger partial charge in [0.2, 0.25) is 10.0 Å². The Kier molecular flexibility index (Phi) is 6.14.